The van der Waals surface area contributed by atoms with Crippen LogP contribution in [-0.4, -0.2) is 36.9 Å². The van der Waals surface area contributed by atoms with Crippen molar-refractivity contribution in [2.24, 2.45) is 5.10 Å². The van der Waals surface area contributed by atoms with Gasteiger partial charge in [-0.3, -0.25) is 14.9 Å². The quantitative estimate of drug-likeness (QED) is 0.131. The van der Waals surface area contributed by atoms with Crippen LogP contribution in [0.3, 0.4) is 0 Å². The molecule has 0 saturated carbocycles. The molecule has 3 aromatic carbocycles. The number of hydrazone groups is 1. The Kier molecular flexibility index (Phi) is 11.1. The molecule has 0 atom stereocenters. The van der Waals surface area contributed by atoms with Crippen LogP contribution in [0.15, 0.2) is 64.2 Å². The van der Waals surface area contributed by atoms with Crippen LogP contribution in [0.4, 0.5) is 5.69 Å². The Morgan fingerprint density at radius 1 is 0.949 bits per heavy atom. The molecule has 0 aliphatic rings. The molecule has 3 aromatic rings. The summed E-state index contributed by atoms with van der Waals surface area (Å²) in [6.45, 7) is 7.31. The maximum atomic E-state index is 12.7. The molecule has 39 heavy (non-hydrogen) atoms. The van der Waals surface area contributed by atoms with Gasteiger partial charge in [0.15, 0.2) is 23.0 Å². The zero-order chi connectivity index (χ0) is 28.2. The monoisotopic (exact) mass is 599 g/mol. The molecule has 0 saturated heterocycles. The van der Waals surface area contributed by atoms with E-state index in [1.165, 1.54) is 18.3 Å². The van der Waals surface area contributed by atoms with Gasteiger partial charge in [-0.25, -0.2) is 5.43 Å². The van der Waals surface area contributed by atoms with Crippen LogP contribution >= 0.6 is 15.9 Å². The first-order valence-electron chi connectivity index (χ1n) is 12.4. The summed E-state index contributed by atoms with van der Waals surface area (Å²) >= 11 is 3.51. The highest BCUT2D eigenvalue weighted by Crippen LogP contribution is 2.37. The van der Waals surface area contributed by atoms with Crippen molar-refractivity contribution in [2.75, 3.05) is 19.8 Å². The number of benzene rings is 3. The van der Waals surface area contributed by atoms with Crippen LogP contribution in [0, 0.1) is 10.1 Å². The zero-order valence-corrected chi connectivity index (χ0v) is 23.5. The van der Waals surface area contributed by atoms with Crippen LogP contribution in [-0.2, 0) is 6.61 Å². The number of nitro groups is 1. The summed E-state index contributed by atoms with van der Waals surface area (Å²) in [7, 11) is 0. The smallest absolute Gasteiger partial charge is 0.271 e. The summed E-state index contributed by atoms with van der Waals surface area (Å²) in [6.07, 6.45) is 2.35. The van der Waals surface area contributed by atoms with Crippen molar-refractivity contribution < 1.29 is 28.7 Å². The standard InChI is InChI=1S/C28H30BrN3O7/c1-4-13-38-24-12-9-21(16-25(24)36-5-2)28(33)31-30-17-20-14-23(29)27(26(15-20)37-6-3)39-18-19-7-10-22(11-8-19)32(34)35/h7-12,14-17H,4-6,13,18H2,1-3H3,(H,31,33)/b30-17+. The Labute approximate surface area is 235 Å². The maximum absolute atomic E-state index is 12.7. The van der Waals surface area contributed by atoms with Gasteiger partial charge in [0.25, 0.3) is 11.6 Å². The number of ether oxygens (including phenoxy) is 4. The Hall–Kier alpha value is -4.12. The van der Waals surface area contributed by atoms with Crippen LogP contribution < -0.4 is 24.4 Å². The van der Waals surface area contributed by atoms with E-state index in [4.69, 9.17) is 18.9 Å². The van der Waals surface area contributed by atoms with Crippen molar-refractivity contribution in [3.8, 4) is 23.0 Å². The van der Waals surface area contributed by atoms with Gasteiger partial charge in [-0.2, -0.15) is 5.10 Å². The number of hydrogen-bond donors (Lipinski definition) is 1. The molecule has 0 unspecified atom stereocenters. The van der Waals surface area contributed by atoms with Gasteiger partial charge in [0.2, 0.25) is 0 Å². The number of halogens is 1. The second kappa shape index (κ2) is 14.7. The van der Waals surface area contributed by atoms with Gasteiger partial charge in [0.1, 0.15) is 6.61 Å². The van der Waals surface area contributed by atoms with Gasteiger partial charge in [-0.1, -0.05) is 6.92 Å². The first-order valence-corrected chi connectivity index (χ1v) is 13.2. The summed E-state index contributed by atoms with van der Waals surface area (Å²) in [6, 6.07) is 14.6. The number of carbonyl (C=O) groups excluding carboxylic acids is 1. The molecule has 0 spiro atoms. The molecule has 0 aliphatic carbocycles. The van der Waals surface area contributed by atoms with Gasteiger partial charge >= 0.3 is 0 Å². The molecule has 0 aromatic heterocycles. The van der Waals surface area contributed by atoms with Crippen molar-refractivity contribution in [1.82, 2.24) is 5.43 Å². The largest absolute Gasteiger partial charge is 0.490 e. The normalized spacial score (nSPS) is 10.8. The van der Waals surface area contributed by atoms with Crippen molar-refractivity contribution in [3.05, 3.63) is 85.9 Å². The Morgan fingerprint density at radius 2 is 1.67 bits per heavy atom. The van der Waals surface area contributed by atoms with Crippen LogP contribution in [0.2, 0.25) is 0 Å². The summed E-state index contributed by atoms with van der Waals surface area (Å²) < 4.78 is 23.6. The lowest BCUT2D eigenvalue weighted by Gasteiger charge is -2.14. The van der Waals surface area contributed by atoms with E-state index in [-0.39, 0.29) is 12.3 Å². The summed E-state index contributed by atoms with van der Waals surface area (Å²) in [5, 5.41) is 14.9. The number of non-ortho nitro benzene ring substituents is 1. The van der Waals surface area contributed by atoms with Crippen LogP contribution in [0.1, 0.15) is 48.7 Å². The van der Waals surface area contributed by atoms with Crippen molar-refractivity contribution >= 4 is 33.7 Å². The lowest BCUT2D eigenvalue weighted by molar-refractivity contribution is -0.384. The lowest BCUT2D eigenvalue weighted by atomic mass is 10.2. The summed E-state index contributed by atoms with van der Waals surface area (Å²) in [5.41, 5.74) is 4.34. The second-order valence-corrected chi connectivity index (χ2v) is 8.97. The highest BCUT2D eigenvalue weighted by molar-refractivity contribution is 9.10. The number of carbonyl (C=O) groups is 1. The molecular formula is C28H30BrN3O7. The molecule has 3 rings (SSSR count). The third kappa shape index (κ3) is 8.44. The SMILES string of the molecule is CCCOc1ccc(C(=O)N/N=C/c2cc(Br)c(OCc3ccc([N+](=O)[O-])cc3)c(OCC)c2)cc1OCC. The van der Waals surface area contributed by atoms with Gasteiger partial charge in [0.05, 0.1) is 35.4 Å². The fourth-order valence-corrected chi connectivity index (χ4v) is 3.99. The maximum Gasteiger partial charge on any atom is 0.271 e. The van der Waals surface area contributed by atoms with E-state index in [1.807, 2.05) is 20.8 Å². The fraction of sp³-hybridized carbons (Fsp3) is 0.286. The predicted molar refractivity (Wildman–Crippen MR) is 151 cm³/mol. The number of rotatable bonds is 14. The van der Waals surface area contributed by atoms with Crippen LogP contribution in [0.25, 0.3) is 0 Å². The molecule has 11 heteroatoms. The van der Waals surface area contributed by atoms with Gasteiger partial charge < -0.3 is 18.9 Å². The van der Waals surface area contributed by atoms with Gasteiger partial charge in [-0.15, -0.1) is 0 Å². The molecular weight excluding hydrogens is 570 g/mol. The van der Waals surface area contributed by atoms with E-state index >= 15 is 0 Å². The van der Waals surface area contributed by atoms with Crippen LogP contribution in [0.5, 0.6) is 23.0 Å². The average molecular weight is 600 g/mol. The minimum Gasteiger partial charge on any atom is -0.490 e. The molecule has 1 amide bonds. The number of nitrogens with one attached hydrogen (secondary N) is 1. The minimum atomic E-state index is -0.450. The summed E-state index contributed by atoms with van der Waals surface area (Å²) in [5.74, 6) is 1.64. The van der Waals surface area contributed by atoms with Crippen molar-refractivity contribution in [3.63, 3.8) is 0 Å². The van der Waals surface area contributed by atoms with Gasteiger partial charge in [0, 0.05) is 17.7 Å². The molecule has 0 fully saturated rings. The Balaban J connectivity index is 1.70. The van der Waals surface area contributed by atoms with E-state index < -0.39 is 10.8 Å². The van der Waals surface area contributed by atoms with E-state index in [1.54, 1.807) is 42.5 Å². The number of amides is 1. The third-order valence-electron chi connectivity index (χ3n) is 5.21. The minimum absolute atomic E-state index is 0.0124. The first kappa shape index (κ1) is 29.4. The van der Waals surface area contributed by atoms with E-state index in [0.29, 0.717) is 58.4 Å². The van der Waals surface area contributed by atoms with Crippen molar-refractivity contribution in [2.45, 2.75) is 33.8 Å². The van der Waals surface area contributed by atoms with Crippen molar-refractivity contribution in [1.29, 1.82) is 0 Å². The fourth-order valence-electron chi connectivity index (χ4n) is 3.41. The van der Waals surface area contributed by atoms with E-state index in [2.05, 4.69) is 26.5 Å². The third-order valence-corrected chi connectivity index (χ3v) is 5.80. The molecule has 1 N–H and O–H groups in total. The second-order valence-electron chi connectivity index (χ2n) is 8.12. The molecule has 0 heterocycles. The lowest BCUT2D eigenvalue weighted by Crippen LogP contribution is -2.17. The van der Waals surface area contributed by atoms with E-state index in [9.17, 15) is 14.9 Å². The molecule has 0 bridgehead atoms. The number of nitrogens with zero attached hydrogens (tertiary/aromatic N) is 2. The summed E-state index contributed by atoms with van der Waals surface area (Å²) in [4.78, 5) is 23.1. The average Bonchev–Trinajstić information content (AvgIpc) is 2.92. The zero-order valence-electron chi connectivity index (χ0n) is 21.9. The highest BCUT2D eigenvalue weighted by atomic mass is 79.9. The molecule has 0 radical (unpaired) electrons. The topological polar surface area (TPSA) is 122 Å². The van der Waals surface area contributed by atoms with Gasteiger partial charge in [-0.05, 0) is 89.8 Å². The number of hydrogen-bond acceptors (Lipinski definition) is 8. The first-order chi connectivity index (χ1) is 18.9. The predicted octanol–water partition coefficient (Wildman–Crippen LogP) is 6.29. The van der Waals surface area contributed by atoms with E-state index in [0.717, 1.165) is 12.0 Å². The molecule has 206 valence electrons. The Morgan fingerprint density at radius 3 is 2.33 bits per heavy atom. The Bertz CT molecular complexity index is 1310. The highest BCUT2D eigenvalue weighted by Gasteiger charge is 2.14. The molecule has 0 aliphatic heterocycles. The number of nitro benzene ring substituents is 1. The molecule has 10 nitrogen and oxygen atoms in total.